The van der Waals surface area contributed by atoms with E-state index in [0.29, 0.717) is 22.1 Å². The van der Waals surface area contributed by atoms with Gasteiger partial charge in [-0.15, -0.1) is 0 Å². The molecule has 0 aliphatic rings. The highest BCUT2D eigenvalue weighted by atomic mass is 35.5. The number of hydrogen-bond acceptors (Lipinski definition) is 3. The fourth-order valence-corrected chi connectivity index (χ4v) is 2.39. The highest BCUT2D eigenvalue weighted by Gasteiger charge is 2.17. The molecule has 0 aromatic heterocycles. The van der Waals surface area contributed by atoms with Gasteiger partial charge in [-0.1, -0.05) is 23.7 Å². The number of halogens is 1. The van der Waals surface area contributed by atoms with Crippen LogP contribution in [0, 0.1) is 0 Å². The van der Waals surface area contributed by atoms with Crippen LogP contribution in [0.15, 0.2) is 48.5 Å². The van der Waals surface area contributed by atoms with Crippen molar-refractivity contribution < 1.29 is 14.3 Å². The van der Waals surface area contributed by atoms with Gasteiger partial charge in [0.1, 0.15) is 12.3 Å². The molecule has 0 saturated carbocycles. The summed E-state index contributed by atoms with van der Waals surface area (Å²) < 4.78 is 5.69. The van der Waals surface area contributed by atoms with E-state index in [4.69, 9.17) is 16.3 Å². The Morgan fingerprint density at radius 1 is 1.12 bits per heavy atom. The largest absolute Gasteiger partial charge is 0.489 e. The Hall–Kier alpha value is -2.53. The van der Waals surface area contributed by atoms with Crippen LogP contribution >= 0.6 is 11.6 Å². The molecule has 0 fully saturated rings. The molecular formula is C19H21ClN2O3. The predicted octanol–water partition coefficient (Wildman–Crippen LogP) is 4.12. The van der Waals surface area contributed by atoms with Gasteiger partial charge in [-0.25, -0.2) is 0 Å². The van der Waals surface area contributed by atoms with Gasteiger partial charge in [-0.05, 0) is 50.2 Å². The maximum absolute atomic E-state index is 12.4. The molecule has 0 spiro atoms. The molecule has 0 aliphatic heterocycles. The van der Waals surface area contributed by atoms with Crippen LogP contribution in [-0.2, 0) is 9.59 Å². The second-order valence-electron chi connectivity index (χ2n) is 5.79. The van der Waals surface area contributed by atoms with Gasteiger partial charge in [0.05, 0.1) is 11.8 Å². The number of carbonyl (C=O) groups excluding carboxylic acids is 2. The van der Waals surface area contributed by atoms with Crippen LogP contribution in [0.2, 0.25) is 5.02 Å². The monoisotopic (exact) mass is 360 g/mol. The minimum Gasteiger partial charge on any atom is -0.489 e. The summed E-state index contributed by atoms with van der Waals surface area (Å²) in [4.78, 5) is 25.7. The molecule has 0 atom stereocenters. The number of nitrogens with zero attached hydrogens (tertiary/aromatic N) is 1. The lowest BCUT2D eigenvalue weighted by Gasteiger charge is -2.21. The van der Waals surface area contributed by atoms with Gasteiger partial charge in [-0.3, -0.25) is 9.59 Å². The molecule has 0 aliphatic carbocycles. The number of carbonyl (C=O) groups is 2. The van der Waals surface area contributed by atoms with Crippen molar-refractivity contribution in [1.82, 2.24) is 0 Å². The zero-order chi connectivity index (χ0) is 18.4. The van der Waals surface area contributed by atoms with E-state index in [1.54, 1.807) is 36.4 Å². The summed E-state index contributed by atoms with van der Waals surface area (Å²) in [6.07, 6.45) is -0.0131. The van der Waals surface area contributed by atoms with Crippen molar-refractivity contribution in [3.63, 3.8) is 0 Å². The van der Waals surface area contributed by atoms with Crippen molar-refractivity contribution in [2.75, 3.05) is 16.8 Å². The molecule has 0 unspecified atom stereocenters. The quantitative estimate of drug-likeness (QED) is 0.843. The number of anilines is 2. The topological polar surface area (TPSA) is 58.6 Å². The molecule has 0 bridgehead atoms. The van der Waals surface area contributed by atoms with Crippen LogP contribution in [0.1, 0.15) is 20.8 Å². The molecule has 2 aromatic carbocycles. The second kappa shape index (κ2) is 8.53. The Labute approximate surface area is 152 Å². The van der Waals surface area contributed by atoms with Gasteiger partial charge in [-0.2, -0.15) is 0 Å². The number of hydrogen-bond donors (Lipinski definition) is 1. The Bertz CT molecular complexity index is 745. The van der Waals surface area contributed by atoms with E-state index in [1.807, 2.05) is 26.0 Å². The van der Waals surface area contributed by atoms with Gasteiger partial charge in [0, 0.05) is 17.6 Å². The molecule has 0 radical (unpaired) electrons. The SMILES string of the molecule is CC(=O)N(CC(=O)Nc1ccccc1OC(C)C)c1ccc(Cl)cc1. The van der Waals surface area contributed by atoms with Crippen LogP contribution in [0.5, 0.6) is 5.75 Å². The summed E-state index contributed by atoms with van der Waals surface area (Å²) in [5.41, 5.74) is 1.18. The molecule has 2 rings (SSSR count). The summed E-state index contributed by atoms with van der Waals surface area (Å²) in [5.74, 6) is 0.0425. The highest BCUT2D eigenvalue weighted by Crippen LogP contribution is 2.25. The van der Waals surface area contributed by atoms with Crippen molar-refractivity contribution in [3.8, 4) is 5.75 Å². The standard InChI is InChI=1S/C19H21ClN2O3/c1-13(2)25-18-7-5-4-6-17(18)21-19(24)12-22(14(3)23)16-10-8-15(20)9-11-16/h4-11,13H,12H2,1-3H3,(H,21,24). The third-order valence-corrected chi connectivity index (χ3v) is 3.60. The van der Waals surface area contributed by atoms with Gasteiger partial charge in [0.25, 0.3) is 0 Å². The van der Waals surface area contributed by atoms with Gasteiger partial charge in [0.2, 0.25) is 11.8 Å². The molecule has 2 amide bonds. The molecule has 6 heteroatoms. The fraction of sp³-hybridized carbons (Fsp3) is 0.263. The first-order valence-corrected chi connectivity index (χ1v) is 8.34. The number of ether oxygens (including phenoxy) is 1. The van der Waals surface area contributed by atoms with Crippen molar-refractivity contribution in [2.45, 2.75) is 26.9 Å². The van der Waals surface area contributed by atoms with E-state index in [0.717, 1.165) is 0 Å². The van der Waals surface area contributed by atoms with E-state index < -0.39 is 0 Å². The third kappa shape index (κ3) is 5.50. The lowest BCUT2D eigenvalue weighted by atomic mass is 10.2. The molecule has 132 valence electrons. The van der Waals surface area contributed by atoms with E-state index in [1.165, 1.54) is 11.8 Å². The van der Waals surface area contributed by atoms with Crippen molar-refractivity contribution >= 4 is 34.8 Å². The summed E-state index contributed by atoms with van der Waals surface area (Å²) in [6.45, 7) is 5.14. The molecule has 5 nitrogen and oxygen atoms in total. The maximum Gasteiger partial charge on any atom is 0.244 e. The first kappa shape index (κ1) is 18.8. The zero-order valence-electron chi connectivity index (χ0n) is 14.5. The number of para-hydroxylation sites is 2. The van der Waals surface area contributed by atoms with Crippen LogP contribution in [-0.4, -0.2) is 24.5 Å². The Kier molecular flexibility index (Phi) is 6.42. The van der Waals surface area contributed by atoms with E-state index in [-0.39, 0.29) is 24.5 Å². The molecular weight excluding hydrogens is 340 g/mol. The number of amides is 2. The Morgan fingerprint density at radius 3 is 2.36 bits per heavy atom. The fourth-order valence-electron chi connectivity index (χ4n) is 2.27. The second-order valence-corrected chi connectivity index (χ2v) is 6.23. The predicted molar refractivity (Wildman–Crippen MR) is 100 cm³/mol. The van der Waals surface area contributed by atoms with E-state index in [9.17, 15) is 9.59 Å². The average Bonchev–Trinajstić information content (AvgIpc) is 2.55. The minimum atomic E-state index is -0.315. The molecule has 2 aromatic rings. The summed E-state index contributed by atoms with van der Waals surface area (Å²) in [6, 6.07) is 14.0. The average molecular weight is 361 g/mol. The lowest BCUT2D eigenvalue weighted by molar-refractivity contribution is -0.120. The Morgan fingerprint density at radius 2 is 1.76 bits per heavy atom. The van der Waals surface area contributed by atoms with Crippen molar-refractivity contribution in [1.29, 1.82) is 0 Å². The van der Waals surface area contributed by atoms with Crippen molar-refractivity contribution in [2.24, 2.45) is 0 Å². The lowest BCUT2D eigenvalue weighted by Crippen LogP contribution is -2.36. The zero-order valence-corrected chi connectivity index (χ0v) is 15.2. The highest BCUT2D eigenvalue weighted by molar-refractivity contribution is 6.30. The maximum atomic E-state index is 12.4. The summed E-state index contributed by atoms with van der Waals surface area (Å²) >= 11 is 5.87. The number of benzene rings is 2. The smallest absolute Gasteiger partial charge is 0.244 e. The van der Waals surface area contributed by atoms with E-state index >= 15 is 0 Å². The van der Waals surface area contributed by atoms with Crippen LogP contribution in [0.4, 0.5) is 11.4 Å². The molecule has 1 N–H and O–H groups in total. The van der Waals surface area contributed by atoms with Gasteiger partial charge < -0.3 is 15.0 Å². The van der Waals surface area contributed by atoms with Gasteiger partial charge in [0.15, 0.2) is 0 Å². The van der Waals surface area contributed by atoms with Crippen LogP contribution in [0.25, 0.3) is 0 Å². The normalized spacial score (nSPS) is 10.4. The molecule has 0 saturated heterocycles. The first-order valence-electron chi connectivity index (χ1n) is 7.96. The Balaban J connectivity index is 2.12. The number of nitrogens with one attached hydrogen (secondary N) is 1. The minimum absolute atomic E-state index is 0.0131. The number of rotatable bonds is 6. The van der Waals surface area contributed by atoms with E-state index in [2.05, 4.69) is 5.32 Å². The van der Waals surface area contributed by atoms with Crippen LogP contribution < -0.4 is 15.0 Å². The third-order valence-electron chi connectivity index (χ3n) is 3.34. The molecule has 25 heavy (non-hydrogen) atoms. The summed E-state index contributed by atoms with van der Waals surface area (Å²) in [7, 11) is 0. The van der Waals surface area contributed by atoms with Crippen LogP contribution in [0.3, 0.4) is 0 Å². The summed E-state index contributed by atoms with van der Waals surface area (Å²) in [5, 5.41) is 3.36. The molecule has 0 heterocycles. The van der Waals surface area contributed by atoms with Crippen molar-refractivity contribution in [3.05, 3.63) is 53.6 Å². The van der Waals surface area contributed by atoms with Gasteiger partial charge >= 0.3 is 0 Å². The first-order chi connectivity index (χ1) is 11.9.